The minimum Gasteiger partial charge on any atom is -0.481 e. The van der Waals surface area contributed by atoms with Gasteiger partial charge in [-0.2, -0.15) is 0 Å². The second-order valence-corrected chi connectivity index (χ2v) is 4.72. The van der Waals surface area contributed by atoms with Crippen molar-refractivity contribution < 1.29 is 14.7 Å². The topological polar surface area (TPSA) is 78.4 Å². The van der Waals surface area contributed by atoms with Crippen LogP contribution in [0.3, 0.4) is 0 Å². The first-order valence-corrected chi connectivity index (χ1v) is 5.88. The average molecular weight is 226 g/mol. The van der Waals surface area contributed by atoms with Crippen molar-refractivity contribution in [1.82, 2.24) is 10.6 Å². The maximum absolute atomic E-state index is 11.2. The van der Waals surface area contributed by atoms with Gasteiger partial charge in [0, 0.05) is 13.0 Å². The predicted octanol–water partition coefficient (Wildman–Crippen LogP) is -0.177. The molecule has 16 heavy (non-hydrogen) atoms. The van der Waals surface area contributed by atoms with E-state index in [4.69, 9.17) is 5.11 Å². The van der Waals surface area contributed by atoms with Crippen LogP contribution in [0.25, 0.3) is 0 Å². The number of nitrogens with one attached hydrogen (secondary N) is 2. The zero-order valence-electron chi connectivity index (χ0n) is 9.24. The van der Waals surface area contributed by atoms with Gasteiger partial charge >= 0.3 is 5.97 Å². The van der Waals surface area contributed by atoms with Crippen molar-refractivity contribution in [3.63, 3.8) is 0 Å². The summed E-state index contributed by atoms with van der Waals surface area (Å²) in [6.07, 6.45) is 2.30. The number of carboxylic acid groups (broad SMARTS) is 1. The molecule has 0 radical (unpaired) electrons. The quantitative estimate of drug-likeness (QED) is 0.610. The molecule has 2 heterocycles. The number of carbonyl (C=O) groups excluding carboxylic acids is 1. The summed E-state index contributed by atoms with van der Waals surface area (Å²) in [5.74, 6) is -0.991. The van der Waals surface area contributed by atoms with Gasteiger partial charge in [-0.25, -0.2) is 0 Å². The minimum atomic E-state index is -0.828. The molecule has 2 rings (SSSR count). The summed E-state index contributed by atoms with van der Waals surface area (Å²) in [5, 5.41) is 15.2. The highest BCUT2D eigenvalue weighted by atomic mass is 16.4. The number of amides is 1. The number of hydrogen-bond donors (Lipinski definition) is 3. The van der Waals surface area contributed by atoms with E-state index < -0.39 is 11.9 Å². The van der Waals surface area contributed by atoms with Crippen molar-refractivity contribution in [2.24, 2.45) is 17.8 Å². The molecule has 90 valence electrons. The number of carboxylic acids is 1. The molecule has 2 aliphatic heterocycles. The third kappa shape index (κ3) is 2.35. The highest BCUT2D eigenvalue weighted by Gasteiger charge is 2.39. The molecular formula is C11H18N2O3. The van der Waals surface area contributed by atoms with Gasteiger partial charge in [0.05, 0.1) is 5.92 Å². The third-order valence-corrected chi connectivity index (χ3v) is 3.71. The van der Waals surface area contributed by atoms with E-state index in [0.717, 1.165) is 25.9 Å². The monoisotopic (exact) mass is 226 g/mol. The van der Waals surface area contributed by atoms with Gasteiger partial charge in [0.1, 0.15) is 0 Å². The summed E-state index contributed by atoms with van der Waals surface area (Å²) in [6, 6.07) is 0. The number of aliphatic carboxylic acids is 1. The fraction of sp³-hybridized carbons (Fsp3) is 0.818. The van der Waals surface area contributed by atoms with Crippen LogP contribution in [0.2, 0.25) is 0 Å². The van der Waals surface area contributed by atoms with Crippen molar-refractivity contribution in [3.05, 3.63) is 0 Å². The molecule has 3 unspecified atom stereocenters. The van der Waals surface area contributed by atoms with Gasteiger partial charge in [0.2, 0.25) is 5.91 Å². The molecule has 3 N–H and O–H groups in total. The second-order valence-electron chi connectivity index (χ2n) is 4.72. The Hall–Kier alpha value is -1.10. The molecule has 2 aliphatic rings. The Balaban J connectivity index is 2.04. The minimum absolute atomic E-state index is 0.0861. The molecule has 5 heteroatoms. The zero-order valence-corrected chi connectivity index (χ0v) is 9.24. The smallest absolute Gasteiger partial charge is 0.307 e. The Morgan fingerprint density at radius 2 is 2.19 bits per heavy atom. The normalized spacial score (nSPS) is 35.5. The van der Waals surface area contributed by atoms with Crippen LogP contribution in [-0.4, -0.2) is 36.6 Å². The van der Waals surface area contributed by atoms with Crippen molar-refractivity contribution in [2.45, 2.75) is 19.3 Å². The van der Waals surface area contributed by atoms with Crippen LogP contribution < -0.4 is 10.6 Å². The molecule has 2 saturated heterocycles. The second kappa shape index (κ2) is 4.82. The Morgan fingerprint density at radius 3 is 2.81 bits per heavy atom. The predicted molar refractivity (Wildman–Crippen MR) is 57.8 cm³/mol. The maximum Gasteiger partial charge on any atom is 0.307 e. The van der Waals surface area contributed by atoms with Gasteiger partial charge in [-0.3, -0.25) is 9.59 Å². The summed E-state index contributed by atoms with van der Waals surface area (Å²) in [7, 11) is 0. The highest BCUT2D eigenvalue weighted by molar-refractivity contribution is 5.83. The molecule has 0 aromatic carbocycles. The van der Waals surface area contributed by atoms with Crippen molar-refractivity contribution >= 4 is 11.9 Å². The molecule has 0 aliphatic carbocycles. The van der Waals surface area contributed by atoms with E-state index in [-0.39, 0.29) is 18.2 Å². The van der Waals surface area contributed by atoms with Crippen LogP contribution in [0.4, 0.5) is 0 Å². The van der Waals surface area contributed by atoms with Crippen molar-refractivity contribution in [1.29, 1.82) is 0 Å². The number of hydrogen-bond acceptors (Lipinski definition) is 3. The lowest BCUT2D eigenvalue weighted by Gasteiger charge is -2.37. The standard InChI is InChI=1S/C11H18N2O3/c14-10-4-8(11(15)16)9(6-13-10)7-2-1-3-12-5-7/h7-9,12H,1-6H2,(H,13,14)(H,15,16). The van der Waals surface area contributed by atoms with Crippen LogP contribution >= 0.6 is 0 Å². The van der Waals surface area contributed by atoms with E-state index in [9.17, 15) is 9.59 Å². The molecule has 1 amide bonds. The van der Waals surface area contributed by atoms with Crippen molar-refractivity contribution in [2.75, 3.05) is 19.6 Å². The van der Waals surface area contributed by atoms with E-state index in [1.54, 1.807) is 0 Å². The number of rotatable bonds is 2. The first-order chi connectivity index (χ1) is 7.68. The first-order valence-electron chi connectivity index (χ1n) is 5.88. The van der Waals surface area contributed by atoms with Gasteiger partial charge < -0.3 is 15.7 Å². The summed E-state index contributed by atoms with van der Waals surface area (Å²) in [4.78, 5) is 22.4. The molecule has 3 atom stereocenters. The fourth-order valence-electron chi connectivity index (χ4n) is 2.81. The van der Waals surface area contributed by atoms with Gasteiger partial charge in [-0.1, -0.05) is 0 Å². The first kappa shape index (κ1) is 11.4. The van der Waals surface area contributed by atoms with E-state index in [2.05, 4.69) is 10.6 Å². The molecule has 0 saturated carbocycles. The van der Waals surface area contributed by atoms with Crippen LogP contribution in [-0.2, 0) is 9.59 Å². The Kier molecular flexibility index (Phi) is 3.43. The molecule has 0 spiro atoms. The van der Waals surface area contributed by atoms with Crippen LogP contribution in [0.1, 0.15) is 19.3 Å². The van der Waals surface area contributed by atoms with E-state index in [1.807, 2.05) is 0 Å². The lowest BCUT2D eigenvalue weighted by molar-refractivity contribution is -0.149. The Morgan fingerprint density at radius 1 is 1.38 bits per heavy atom. The number of carbonyl (C=O) groups is 2. The summed E-state index contributed by atoms with van der Waals surface area (Å²) in [5.41, 5.74) is 0. The SMILES string of the molecule is O=C1CC(C(=O)O)C(C2CCCNC2)CN1. The molecule has 5 nitrogen and oxygen atoms in total. The van der Waals surface area contributed by atoms with Gasteiger partial charge in [-0.15, -0.1) is 0 Å². The van der Waals surface area contributed by atoms with Crippen molar-refractivity contribution in [3.8, 4) is 0 Å². The highest BCUT2D eigenvalue weighted by Crippen LogP contribution is 2.30. The van der Waals surface area contributed by atoms with Crippen LogP contribution in [0, 0.1) is 17.8 Å². The Labute approximate surface area is 94.6 Å². The van der Waals surface area contributed by atoms with Gasteiger partial charge in [0.15, 0.2) is 0 Å². The maximum atomic E-state index is 11.2. The summed E-state index contributed by atoms with van der Waals surface area (Å²) < 4.78 is 0. The lowest BCUT2D eigenvalue weighted by atomic mass is 9.74. The van der Waals surface area contributed by atoms with E-state index in [1.165, 1.54) is 0 Å². The van der Waals surface area contributed by atoms with Crippen LogP contribution in [0.15, 0.2) is 0 Å². The van der Waals surface area contributed by atoms with Gasteiger partial charge in [-0.05, 0) is 37.8 Å². The fourth-order valence-corrected chi connectivity index (χ4v) is 2.81. The summed E-state index contributed by atoms with van der Waals surface area (Å²) in [6.45, 7) is 2.42. The number of piperidine rings is 2. The molecule has 2 fully saturated rings. The lowest BCUT2D eigenvalue weighted by Crippen LogP contribution is -2.49. The largest absolute Gasteiger partial charge is 0.481 e. The van der Waals surface area contributed by atoms with E-state index >= 15 is 0 Å². The molecule has 0 aromatic rings. The van der Waals surface area contributed by atoms with E-state index in [0.29, 0.717) is 12.5 Å². The van der Waals surface area contributed by atoms with Gasteiger partial charge in [0.25, 0.3) is 0 Å². The average Bonchev–Trinajstić information content (AvgIpc) is 2.30. The molecule has 0 bridgehead atoms. The summed E-state index contributed by atoms with van der Waals surface area (Å²) >= 11 is 0. The third-order valence-electron chi connectivity index (χ3n) is 3.71. The molecular weight excluding hydrogens is 208 g/mol. The molecule has 0 aromatic heterocycles. The zero-order chi connectivity index (χ0) is 11.5. The van der Waals surface area contributed by atoms with Crippen LogP contribution in [0.5, 0.6) is 0 Å². The Bertz CT molecular complexity index is 287.